The number of aromatic nitrogens is 1. The molecule has 1 heterocycles. The molecule has 0 amide bonds. The van der Waals surface area contributed by atoms with E-state index < -0.39 is 0 Å². The van der Waals surface area contributed by atoms with Gasteiger partial charge in [0, 0.05) is 24.6 Å². The molecule has 0 saturated heterocycles. The van der Waals surface area contributed by atoms with Gasteiger partial charge in [-0.1, -0.05) is 37.6 Å². The Kier molecular flexibility index (Phi) is 3.53. The van der Waals surface area contributed by atoms with Gasteiger partial charge >= 0.3 is 0 Å². The second-order valence-electron chi connectivity index (χ2n) is 5.56. The Labute approximate surface area is 128 Å². The van der Waals surface area contributed by atoms with Crippen LogP contribution in [-0.4, -0.2) is 21.9 Å². The highest BCUT2D eigenvalue weighted by Gasteiger charge is 2.34. The van der Waals surface area contributed by atoms with E-state index in [9.17, 15) is 14.4 Å². The maximum Gasteiger partial charge on any atom is 0.210 e. The van der Waals surface area contributed by atoms with E-state index in [1.807, 2.05) is 6.92 Å². The van der Waals surface area contributed by atoms with Gasteiger partial charge in [0.1, 0.15) is 5.69 Å². The normalized spacial score (nSPS) is 13.0. The monoisotopic (exact) mass is 295 g/mol. The molecule has 0 bridgehead atoms. The minimum Gasteiger partial charge on any atom is -0.335 e. The van der Waals surface area contributed by atoms with E-state index in [0.717, 1.165) is 12.8 Å². The van der Waals surface area contributed by atoms with Gasteiger partial charge in [-0.3, -0.25) is 14.4 Å². The topological polar surface area (TPSA) is 56.1 Å². The summed E-state index contributed by atoms with van der Waals surface area (Å²) < 4.78 is 1.72. The maximum atomic E-state index is 12.8. The van der Waals surface area contributed by atoms with Crippen LogP contribution in [0.3, 0.4) is 0 Å². The van der Waals surface area contributed by atoms with Gasteiger partial charge in [-0.15, -0.1) is 0 Å². The molecule has 1 aromatic heterocycles. The predicted octanol–water partition coefficient (Wildman–Crippen LogP) is 3.27. The molecule has 0 fully saturated rings. The lowest BCUT2D eigenvalue weighted by molar-refractivity contribution is 0.0971. The molecule has 1 aliphatic carbocycles. The van der Waals surface area contributed by atoms with Gasteiger partial charge in [0.05, 0.1) is 11.3 Å². The summed E-state index contributed by atoms with van der Waals surface area (Å²) in [6, 6.07) is 8.40. The number of carbonyl (C=O) groups is 3. The van der Waals surface area contributed by atoms with Gasteiger partial charge in [0.25, 0.3) is 0 Å². The molecule has 0 N–H and O–H groups in total. The van der Waals surface area contributed by atoms with Crippen molar-refractivity contribution in [2.45, 2.75) is 33.2 Å². The van der Waals surface area contributed by atoms with Gasteiger partial charge < -0.3 is 4.57 Å². The third-order valence-electron chi connectivity index (χ3n) is 4.07. The number of benzene rings is 1. The Morgan fingerprint density at radius 1 is 1.05 bits per heavy atom. The third-order valence-corrected chi connectivity index (χ3v) is 4.07. The molecule has 0 saturated carbocycles. The quantitative estimate of drug-likeness (QED) is 0.694. The number of rotatable bonds is 4. The number of hydrogen-bond acceptors (Lipinski definition) is 3. The van der Waals surface area contributed by atoms with Gasteiger partial charge in [0.15, 0.2) is 11.6 Å². The summed E-state index contributed by atoms with van der Waals surface area (Å²) >= 11 is 0. The summed E-state index contributed by atoms with van der Waals surface area (Å²) in [5.41, 5.74) is 1.99. The van der Waals surface area contributed by atoms with Crippen LogP contribution in [0.25, 0.3) is 0 Å². The first-order valence-corrected chi connectivity index (χ1v) is 7.49. The van der Waals surface area contributed by atoms with E-state index in [1.54, 1.807) is 34.9 Å². The molecular weight excluding hydrogens is 278 g/mol. The third kappa shape index (κ3) is 2.03. The van der Waals surface area contributed by atoms with Crippen LogP contribution in [0.4, 0.5) is 0 Å². The Morgan fingerprint density at radius 3 is 2.27 bits per heavy atom. The van der Waals surface area contributed by atoms with Crippen molar-refractivity contribution in [3.63, 3.8) is 0 Å². The number of ketones is 3. The van der Waals surface area contributed by atoms with Crippen molar-refractivity contribution in [3.05, 3.63) is 58.4 Å². The second kappa shape index (κ2) is 5.37. The molecule has 22 heavy (non-hydrogen) atoms. The zero-order valence-corrected chi connectivity index (χ0v) is 12.7. The van der Waals surface area contributed by atoms with Crippen molar-refractivity contribution in [2.75, 3.05) is 0 Å². The van der Waals surface area contributed by atoms with Crippen molar-refractivity contribution in [3.8, 4) is 0 Å². The van der Waals surface area contributed by atoms with Gasteiger partial charge in [-0.25, -0.2) is 0 Å². The predicted molar refractivity (Wildman–Crippen MR) is 82.7 cm³/mol. The molecular formula is C18H17NO3. The van der Waals surface area contributed by atoms with Gasteiger partial charge in [-0.05, 0) is 12.5 Å². The molecule has 2 aromatic rings. The average molecular weight is 295 g/mol. The average Bonchev–Trinajstić information content (AvgIpc) is 2.90. The fourth-order valence-electron chi connectivity index (χ4n) is 2.96. The lowest BCUT2D eigenvalue weighted by Crippen LogP contribution is -2.23. The standard InChI is InChI=1S/C18H17NO3/c1-3-4-9-19-15(11(2)20)10-14-16(19)18(22)13-8-6-5-7-12(13)17(14)21/h5-8,10H,3-4,9H2,1-2H3. The Bertz CT molecular complexity index is 799. The second-order valence-corrected chi connectivity index (χ2v) is 5.56. The molecule has 0 unspecified atom stereocenters. The van der Waals surface area contributed by atoms with Crippen LogP contribution >= 0.6 is 0 Å². The summed E-state index contributed by atoms with van der Waals surface area (Å²) in [6.45, 7) is 4.08. The van der Waals surface area contributed by atoms with Crippen molar-refractivity contribution < 1.29 is 14.4 Å². The van der Waals surface area contributed by atoms with Crippen molar-refractivity contribution in [1.82, 2.24) is 4.57 Å². The number of fused-ring (bicyclic) bond motifs is 2. The highest BCUT2D eigenvalue weighted by atomic mass is 16.1. The van der Waals surface area contributed by atoms with Crippen molar-refractivity contribution in [2.24, 2.45) is 0 Å². The lowest BCUT2D eigenvalue weighted by atomic mass is 9.88. The van der Waals surface area contributed by atoms with Crippen LogP contribution in [0.1, 0.15) is 69.2 Å². The van der Waals surface area contributed by atoms with Gasteiger partial charge in [-0.2, -0.15) is 0 Å². The molecule has 112 valence electrons. The first-order chi connectivity index (χ1) is 10.6. The van der Waals surface area contributed by atoms with E-state index in [-0.39, 0.29) is 17.3 Å². The summed E-state index contributed by atoms with van der Waals surface area (Å²) in [4.78, 5) is 37.3. The van der Waals surface area contributed by atoms with Crippen molar-refractivity contribution >= 4 is 17.3 Å². The summed E-state index contributed by atoms with van der Waals surface area (Å²) in [5, 5.41) is 0. The minimum absolute atomic E-state index is 0.129. The van der Waals surface area contributed by atoms with E-state index in [2.05, 4.69) is 0 Å². The summed E-state index contributed by atoms with van der Waals surface area (Å²) in [5.74, 6) is -0.480. The van der Waals surface area contributed by atoms with Crippen molar-refractivity contribution in [1.29, 1.82) is 0 Å². The smallest absolute Gasteiger partial charge is 0.210 e. The highest BCUT2D eigenvalue weighted by Crippen LogP contribution is 2.30. The molecule has 1 aliphatic rings. The number of unbranched alkanes of at least 4 members (excludes halogenated alkanes) is 1. The molecule has 4 heteroatoms. The van der Waals surface area contributed by atoms with Gasteiger partial charge in [0.2, 0.25) is 5.78 Å². The van der Waals surface area contributed by atoms with Crippen LogP contribution in [0.5, 0.6) is 0 Å². The molecule has 4 nitrogen and oxygen atoms in total. The van der Waals surface area contributed by atoms with E-state index in [0.29, 0.717) is 34.6 Å². The first-order valence-electron chi connectivity index (χ1n) is 7.49. The molecule has 0 radical (unpaired) electrons. The number of carbonyl (C=O) groups excluding carboxylic acids is 3. The fourth-order valence-corrected chi connectivity index (χ4v) is 2.96. The van der Waals surface area contributed by atoms with Crippen LogP contribution in [0.15, 0.2) is 30.3 Å². The lowest BCUT2D eigenvalue weighted by Gasteiger charge is -2.17. The molecule has 0 spiro atoms. The zero-order chi connectivity index (χ0) is 15.9. The Hall–Kier alpha value is -2.49. The SMILES string of the molecule is CCCCn1c(C(C)=O)cc2c1C(=O)c1ccccc1C2=O. The number of hydrogen-bond donors (Lipinski definition) is 0. The Balaban J connectivity index is 2.24. The van der Waals surface area contributed by atoms with Crippen LogP contribution in [0.2, 0.25) is 0 Å². The molecule has 0 atom stereocenters. The fraction of sp³-hybridized carbons (Fsp3) is 0.278. The van der Waals surface area contributed by atoms with Crippen LogP contribution < -0.4 is 0 Å². The van der Waals surface area contributed by atoms with E-state index >= 15 is 0 Å². The minimum atomic E-state index is -0.178. The van der Waals surface area contributed by atoms with E-state index in [1.165, 1.54) is 6.92 Å². The van der Waals surface area contributed by atoms with E-state index in [4.69, 9.17) is 0 Å². The van der Waals surface area contributed by atoms with Crippen LogP contribution in [0, 0.1) is 0 Å². The summed E-state index contributed by atoms with van der Waals surface area (Å²) in [6.07, 6.45) is 1.80. The first kappa shape index (κ1) is 14.4. The molecule has 1 aromatic carbocycles. The largest absolute Gasteiger partial charge is 0.335 e. The Morgan fingerprint density at radius 2 is 1.68 bits per heavy atom. The summed E-state index contributed by atoms with van der Waals surface area (Å²) in [7, 11) is 0. The molecule has 3 rings (SSSR count). The van der Waals surface area contributed by atoms with Crippen LogP contribution in [-0.2, 0) is 6.54 Å². The zero-order valence-electron chi connectivity index (χ0n) is 12.7. The highest BCUT2D eigenvalue weighted by molar-refractivity contribution is 6.28. The number of nitrogens with zero attached hydrogens (tertiary/aromatic N) is 1. The number of Topliss-reactive ketones (excluding diaryl/α,β-unsaturated/α-hetero) is 1. The molecule has 0 aliphatic heterocycles. The maximum absolute atomic E-state index is 12.8.